The fourth-order valence-corrected chi connectivity index (χ4v) is 1.07. The molecule has 11 heavy (non-hydrogen) atoms. The smallest absolute Gasteiger partial charge is 0.391 e. The van der Waals surface area contributed by atoms with E-state index in [-0.39, 0.29) is 6.61 Å². The van der Waals surface area contributed by atoms with Crippen molar-refractivity contribution < 1.29 is 23.2 Å². The predicted octanol–water partition coefficient (Wildman–Crippen LogP) is 0.599. The minimum Gasteiger partial charge on any atom is -0.391 e. The quantitative estimate of drug-likeness (QED) is 0.632. The van der Waals surface area contributed by atoms with Gasteiger partial charge in [-0.3, -0.25) is 13.6 Å². The van der Waals surface area contributed by atoms with Gasteiger partial charge in [0, 0.05) is 14.2 Å². The summed E-state index contributed by atoms with van der Waals surface area (Å²) in [5.41, 5.74) is 0. The van der Waals surface area contributed by atoms with Crippen LogP contribution in [0.3, 0.4) is 0 Å². The topological polar surface area (TPSA) is 65.0 Å². The molecule has 0 aliphatic carbocycles. The summed E-state index contributed by atoms with van der Waals surface area (Å²) in [6, 6.07) is 0. The first-order valence-electron chi connectivity index (χ1n) is 2.91. The van der Waals surface area contributed by atoms with Gasteiger partial charge in [0.2, 0.25) is 0 Å². The number of hydrogen-bond acceptors (Lipinski definition) is 5. The molecule has 1 radical (unpaired) electrons. The number of aliphatic hydroxyl groups is 1. The van der Waals surface area contributed by atoms with Crippen LogP contribution in [0.1, 0.15) is 0 Å². The summed E-state index contributed by atoms with van der Waals surface area (Å²) in [6.07, 6.45) is -0.936. The van der Waals surface area contributed by atoms with Gasteiger partial charge >= 0.3 is 7.82 Å². The van der Waals surface area contributed by atoms with E-state index in [1.54, 1.807) is 0 Å². The van der Waals surface area contributed by atoms with Crippen molar-refractivity contribution in [2.24, 2.45) is 0 Å². The average molecular weight is 183 g/mol. The van der Waals surface area contributed by atoms with E-state index < -0.39 is 13.9 Å². The maximum Gasteiger partial charge on any atom is 0.474 e. The molecule has 0 rings (SSSR count). The summed E-state index contributed by atoms with van der Waals surface area (Å²) in [5.74, 6) is 0. The van der Waals surface area contributed by atoms with Crippen molar-refractivity contribution in [1.29, 1.82) is 0 Å². The van der Waals surface area contributed by atoms with E-state index >= 15 is 0 Å². The highest BCUT2D eigenvalue weighted by atomic mass is 31.2. The summed E-state index contributed by atoms with van der Waals surface area (Å²) in [5, 5.41) is 8.64. The first kappa shape index (κ1) is 11.1. The first-order valence-corrected chi connectivity index (χ1v) is 4.37. The van der Waals surface area contributed by atoms with Crippen LogP contribution in [0, 0.1) is 6.92 Å². The Morgan fingerprint density at radius 3 is 2.27 bits per heavy atom. The van der Waals surface area contributed by atoms with E-state index in [2.05, 4.69) is 20.5 Å². The predicted molar refractivity (Wildman–Crippen MR) is 38.9 cm³/mol. The lowest BCUT2D eigenvalue weighted by molar-refractivity contribution is 0.0952. The maximum absolute atomic E-state index is 11.0. The molecule has 0 aromatic heterocycles. The zero-order valence-electron chi connectivity index (χ0n) is 6.52. The van der Waals surface area contributed by atoms with E-state index in [1.165, 1.54) is 14.2 Å². The van der Waals surface area contributed by atoms with Gasteiger partial charge in [0.25, 0.3) is 0 Å². The van der Waals surface area contributed by atoms with Crippen molar-refractivity contribution in [3.8, 4) is 0 Å². The van der Waals surface area contributed by atoms with Crippen molar-refractivity contribution >= 4 is 7.82 Å². The summed E-state index contributed by atoms with van der Waals surface area (Å²) < 4.78 is 24.5. The van der Waals surface area contributed by atoms with Crippen LogP contribution in [0.4, 0.5) is 0 Å². The lowest BCUT2D eigenvalue weighted by Crippen LogP contribution is -2.10. The first-order chi connectivity index (χ1) is 5.04. The summed E-state index contributed by atoms with van der Waals surface area (Å²) in [7, 11) is -1.05. The zero-order chi connectivity index (χ0) is 8.91. The number of hydrogen-bond donors (Lipinski definition) is 1. The monoisotopic (exact) mass is 183 g/mol. The molecule has 1 N–H and O–H groups in total. The molecule has 0 aliphatic rings. The third kappa shape index (κ3) is 4.50. The van der Waals surface area contributed by atoms with Crippen LogP contribution in [-0.2, 0) is 18.1 Å². The van der Waals surface area contributed by atoms with E-state index in [9.17, 15) is 4.57 Å². The van der Waals surface area contributed by atoms with Crippen molar-refractivity contribution in [2.45, 2.75) is 6.10 Å². The number of phosphoric ester groups is 1. The summed E-state index contributed by atoms with van der Waals surface area (Å²) >= 11 is 0. The molecule has 0 spiro atoms. The molecule has 0 heterocycles. The molecular formula is C5H12O5P. The molecule has 0 amide bonds. The molecule has 1 unspecified atom stereocenters. The molecule has 67 valence electrons. The fraction of sp³-hybridized carbons (Fsp3) is 0.800. The molecule has 0 bridgehead atoms. The highest BCUT2D eigenvalue weighted by molar-refractivity contribution is 7.48. The molecule has 0 aromatic rings. The normalized spacial score (nSPS) is 14.9. The van der Waals surface area contributed by atoms with Gasteiger partial charge in [0.05, 0.1) is 12.7 Å². The van der Waals surface area contributed by atoms with Crippen LogP contribution in [0.15, 0.2) is 0 Å². The Hall–Kier alpha value is 0.0700. The number of aliphatic hydroxyl groups excluding tert-OH is 1. The Kier molecular flexibility index (Phi) is 4.88. The molecule has 0 saturated heterocycles. The highest BCUT2D eigenvalue weighted by Gasteiger charge is 2.22. The van der Waals surface area contributed by atoms with Crippen molar-refractivity contribution in [2.75, 3.05) is 20.8 Å². The van der Waals surface area contributed by atoms with Gasteiger partial charge in [-0.1, -0.05) is 0 Å². The lowest BCUT2D eigenvalue weighted by Gasteiger charge is -2.13. The van der Waals surface area contributed by atoms with E-state index in [0.29, 0.717) is 0 Å². The van der Waals surface area contributed by atoms with Crippen LogP contribution in [0.25, 0.3) is 0 Å². The summed E-state index contributed by atoms with van der Waals surface area (Å²) in [4.78, 5) is 0. The van der Waals surface area contributed by atoms with Crippen LogP contribution >= 0.6 is 7.82 Å². The van der Waals surface area contributed by atoms with Crippen molar-refractivity contribution in [1.82, 2.24) is 0 Å². The van der Waals surface area contributed by atoms with Gasteiger partial charge in [0.15, 0.2) is 0 Å². The molecule has 0 aliphatic heterocycles. The van der Waals surface area contributed by atoms with E-state index in [1.807, 2.05) is 0 Å². The standard InChI is InChI=1S/C5H12O5P/c1-5(6)4-10-11(7,8-2)9-3/h5-6H,1,4H2,2-3H3. The van der Waals surface area contributed by atoms with E-state index in [4.69, 9.17) is 5.11 Å². The average Bonchev–Trinajstić information content (AvgIpc) is 2.00. The Morgan fingerprint density at radius 1 is 1.55 bits per heavy atom. The van der Waals surface area contributed by atoms with Gasteiger partial charge in [0.1, 0.15) is 0 Å². The van der Waals surface area contributed by atoms with Gasteiger partial charge < -0.3 is 5.11 Å². The SMILES string of the molecule is [CH2]C(O)COP(=O)(OC)OC. The Labute approximate surface area is 65.9 Å². The van der Waals surface area contributed by atoms with Gasteiger partial charge in [-0.2, -0.15) is 0 Å². The third-order valence-corrected chi connectivity index (χ3v) is 2.23. The molecule has 0 fully saturated rings. The summed E-state index contributed by atoms with van der Waals surface area (Å²) in [6.45, 7) is 3.03. The molecule has 0 aromatic carbocycles. The molecule has 6 heteroatoms. The van der Waals surface area contributed by atoms with Crippen molar-refractivity contribution in [3.05, 3.63) is 6.92 Å². The van der Waals surface area contributed by atoms with Crippen molar-refractivity contribution in [3.63, 3.8) is 0 Å². The lowest BCUT2D eigenvalue weighted by atomic mass is 10.5. The van der Waals surface area contributed by atoms with E-state index in [0.717, 1.165) is 0 Å². The second-order valence-electron chi connectivity index (χ2n) is 1.76. The van der Waals surface area contributed by atoms with Gasteiger partial charge in [-0.05, 0) is 6.92 Å². The Bertz CT molecular complexity index is 138. The maximum atomic E-state index is 11.0. The Morgan fingerprint density at radius 2 is 2.00 bits per heavy atom. The second kappa shape index (κ2) is 4.85. The molecule has 0 saturated carbocycles. The van der Waals surface area contributed by atoms with Crippen LogP contribution in [0.5, 0.6) is 0 Å². The minimum absolute atomic E-state index is 0.182. The third-order valence-electron chi connectivity index (χ3n) is 0.872. The van der Waals surface area contributed by atoms with Crippen LogP contribution in [0.2, 0.25) is 0 Å². The molecule has 1 atom stereocenters. The Balaban J connectivity index is 3.79. The van der Waals surface area contributed by atoms with Gasteiger partial charge in [-0.15, -0.1) is 0 Å². The molecule has 5 nitrogen and oxygen atoms in total. The largest absolute Gasteiger partial charge is 0.474 e. The van der Waals surface area contributed by atoms with Crippen LogP contribution < -0.4 is 0 Å². The number of phosphoric acid groups is 1. The highest BCUT2D eigenvalue weighted by Crippen LogP contribution is 2.47. The number of rotatable bonds is 5. The fourth-order valence-electron chi connectivity index (χ4n) is 0.357. The second-order valence-corrected chi connectivity index (χ2v) is 3.64. The minimum atomic E-state index is -3.44. The van der Waals surface area contributed by atoms with Crippen LogP contribution in [-0.4, -0.2) is 32.0 Å². The zero-order valence-corrected chi connectivity index (χ0v) is 7.41. The molecular weight excluding hydrogens is 171 g/mol. The van der Waals surface area contributed by atoms with Gasteiger partial charge in [-0.25, -0.2) is 4.57 Å².